The van der Waals surface area contributed by atoms with E-state index in [-0.39, 0.29) is 6.54 Å². The normalized spacial score (nSPS) is 12.0. The highest BCUT2D eigenvalue weighted by atomic mass is 16.4. The molecule has 0 amide bonds. The van der Waals surface area contributed by atoms with Crippen molar-refractivity contribution in [1.29, 1.82) is 0 Å². The molecule has 2 atom stereocenters. The molecule has 0 aliphatic carbocycles. The molecule has 1 aromatic carbocycles. The van der Waals surface area contributed by atoms with Crippen LogP contribution in [-0.4, -0.2) is 56.8 Å². The number of rotatable bonds is 5. The number of nitrogens with one attached hydrogen (secondary N) is 1. The van der Waals surface area contributed by atoms with Crippen LogP contribution in [0.4, 0.5) is 0 Å². The summed E-state index contributed by atoms with van der Waals surface area (Å²) < 4.78 is 0. The van der Waals surface area contributed by atoms with Crippen LogP contribution in [0.3, 0.4) is 0 Å². The molecule has 0 unspecified atom stereocenters. The molecular weight excluding hydrogens is 344 g/mol. The summed E-state index contributed by atoms with van der Waals surface area (Å²) in [7, 11) is 0. The van der Waals surface area contributed by atoms with Crippen LogP contribution in [0, 0.1) is 0 Å². The van der Waals surface area contributed by atoms with Gasteiger partial charge < -0.3 is 37.5 Å². The Morgan fingerprint density at radius 2 is 1.58 bits per heavy atom. The van der Waals surface area contributed by atoms with Crippen LogP contribution in [0.2, 0.25) is 0 Å². The number of carboxylic acids is 3. The average Bonchev–Trinajstić information content (AvgIpc) is 2.99. The molecule has 0 aliphatic rings. The molecule has 10 heteroatoms. The van der Waals surface area contributed by atoms with Gasteiger partial charge in [-0.25, -0.2) is 0 Å². The van der Waals surface area contributed by atoms with Gasteiger partial charge in [0.1, 0.15) is 12.1 Å². The standard InChI is InChI=1S/C11H12N2O2.C3H7NO2.C2H5NO2/c12-9(11(14)15)5-7-6-13-10-4-2-1-3-8(7)10;1-2(4)3(5)6;3-1-2(4)5/h1-4,6,9,13H,5,12H2,(H,14,15);2H,4H2,1H3,(H,5,6);1,3H2,(H,4,5)/t9-;2-;/m00./s1. The van der Waals surface area contributed by atoms with Crippen molar-refractivity contribution in [3.63, 3.8) is 0 Å². The number of benzene rings is 1. The van der Waals surface area contributed by atoms with E-state index in [9.17, 15) is 14.4 Å². The van der Waals surface area contributed by atoms with Crippen LogP contribution in [-0.2, 0) is 20.8 Å². The van der Waals surface area contributed by atoms with Crippen LogP contribution >= 0.6 is 0 Å². The Morgan fingerprint density at radius 1 is 1.08 bits per heavy atom. The maximum Gasteiger partial charge on any atom is 0.320 e. The second-order valence-corrected chi connectivity index (χ2v) is 5.23. The third kappa shape index (κ3) is 8.78. The summed E-state index contributed by atoms with van der Waals surface area (Å²) in [6.07, 6.45) is 2.16. The van der Waals surface area contributed by atoms with E-state index in [2.05, 4.69) is 10.7 Å². The Bertz CT molecular complexity index is 728. The van der Waals surface area contributed by atoms with Crippen molar-refractivity contribution in [2.45, 2.75) is 25.4 Å². The van der Waals surface area contributed by atoms with Gasteiger partial charge in [-0.15, -0.1) is 0 Å². The Hall–Kier alpha value is -2.95. The van der Waals surface area contributed by atoms with Gasteiger partial charge in [-0.3, -0.25) is 14.4 Å². The molecule has 2 aromatic rings. The fraction of sp³-hybridized carbons (Fsp3) is 0.312. The van der Waals surface area contributed by atoms with Crippen LogP contribution in [0.1, 0.15) is 12.5 Å². The molecule has 0 radical (unpaired) electrons. The smallest absolute Gasteiger partial charge is 0.320 e. The van der Waals surface area contributed by atoms with Gasteiger partial charge in [0.15, 0.2) is 0 Å². The molecule has 144 valence electrons. The number of aromatic nitrogens is 1. The first-order valence-corrected chi connectivity index (χ1v) is 7.53. The highest BCUT2D eigenvalue weighted by Crippen LogP contribution is 2.18. The molecule has 10 nitrogen and oxygen atoms in total. The lowest BCUT2D eigenvalue weighted by molar-refractivity contribution is -0.139. The van der Waals surface area contributed by atoms with E-state index in [1.165, 1.54) is 6.92 Å². The first-order valence-electron chi connectivity index (χ1n) is 7.53. The van der Waals surface area contributed by atoms with E-state index >= 15 is 0 Å². The Kier molecular flexibility index (Phi) is 10.3. The van der Waals surface area contributed by atoms with Crippen molar-refractivity contribution in [3.8, 4) is 0 Å². The topological polar surface area (TPSA) is 206 Å². The molecule has 1 heterocycles. The molecule has 0 saturated carbocycles. The number of nitrogens with two attached hydrogens (primary N) is 3. The number of fused-ring (bicyclic) bond motifs is 1. The molecule has 0 aliphatic heterocycles. The third-order valence-electron chi connectivity index (χ3n) is 3.00. The molecule has 1 aromatic heterocycles. The van der Waals surface area contributed by atoms with E-state index in [1.807, 2.05) is 30.5 Å². The zero-order chi connectivity index (χ0) is 20.3. The number of hydrogen-bond acceptors (Lipinski definition) is 6. The number of carboxylic acid groups (broad SMARTS) is 3. The Labute approximate surface area is 149 Å². The summed E-state index contributed by atoms with van der Waals surface area (Å²) >= 11 is 0. The number of para-hydroxylation sites is 1. The predicted octanol–water partition coefficient (Wildman–Crippen LogP) is -0.430. The second kappa shape index (κ2) is 11.6. The summed E-state index contributed by atoms with van der Waals surface area (Å²) in [6.45, 7) is 1.14. The maximum atomic E-state index is 10.6. The van der Waals surface area contributed by atoms with E-state index < -0.39 is 30.0 Å². The predicted molar refractivity (Wildman–Crippen MR) is 95.6 cm³/mol. The lowest BCUT2D eigenvalue weighted by Crippen LogP contribution is -2.32. The number of aliphatic carboxylic acids is 3. The monoisotopic (exact) mass is 368 g/mol. The number of H-pyrrole nitrogens is 1. The summed E-state index contributed by atoms with van der Waals surface area (Å²) in [5, 5.41) is 25.2. The van der Waals surface area contributed by atoms with Crippen molar-refractivity contribution < 1.29 is 29.7 Å². The van der Waals surface area contributed by atoms with Crippen molar-refractivity contribution in [1.82, 2.24) is 4.98 Å². The fourth-order valence-electron chi connectivity index (χ4n) is 1.62. The van der Waals surface area contributed by atoms with Gasteiger partial charge in [0.2, 0.25) is 0 Å². The summed E-state index contributed by atoms with van der Waals surface area (Å²) in [4.78, 5) is 32.5. The van der Waals surface area contributed by atoms with Crippen LogP contribution in [0.15, 0.2) is 30.5 Å². The van der Waals surface area contributed by atoms with Crippen LogP contribution < -0.4 is 17.2 Å². The zero-order valence-electron chi connectivity index (χ0n) is 14.3. The minimum absolute atomic E-state index is 0.278. The lowest BCUT2D eigenvalue weighted by Gasteiger charge is -2.04. The molecule has 26 heavy (non-hydrogen) atoms. The Balaban J connectivity index is 0.000000474. The quantitative estimate of drug-likeness (QED) is 0.365. The van der Waals surface area contributed by atoms with Crippen molar-refractivity contribution >= 4 is 28.8 Å². The van der Waals surface area contributed by atoms with Gasteiger partial charge in [0, 0.05) is 23.5 Å². The third-order valence-corrected chi connectivity index (χ3v) is 3.00. The second-order valence-electron chi connectivity index (χ2n) is 5.23. The minimum Gasteiger partial charge on any atom is -0.480 e. The van der Waals surface area contributed by atoms with Gasteiger partial charge >= 0.3 is 17.9 Å². The summed E-state index contributed by atoms with van der Waals surface area (Å²) in [5.74, 6) is -2.90. The van der Waals surface area contributed by atoms with Crippen LogP contribution in [0.25, 0.3) is 10.9 Å². The first kappa shape index (κ1) is 23.1. The number of aromatic amines is 1. The SMILES string of the molecule is C[C@H](N)C(=O)O.NCC(=O)O.N[C@@H](Cc1c[nH]c2ccccc12)C(=O)O. The van der Waals surface area contributed by atoms with Crippen LogP contribution in [0.5, 0.6) is 0 Å². The molecule has 0 saturated heterocycles. The van der Waals surface area contributed by atoms with Gasteiger partial charge in [0.25, 0.3) is 0 Å². The molecule has 0 spiro atoms. The zero-order valence-corrected chi connectivity index (χ0v) is 14.3. The first-order chi connectivity index (χ1) is 12.1. The van der Waals surface area contributed by atoms with Crippen molar-refractivity contribution in [2.75, 3.05) is 6.54 Å². The lowest BCUT2D eigenvalue weighted by atomic mass is 10.1. The molecule has 0 bridgehead atoms. The number of carbonyl (C=O) groups is 3. The average molecular weight is 368 g/mol. The maximum absolute atomic E-state index is 10.6. The van der Waals surface area contributed by atoms with E-state index in [4.69, 9.17) is 26.8 Å². The van der Waals surface area contributed by atoms with E-state index in [0.717, 1.165) is 16.5 Å². The van der Waals surface area contributed by atoms with Gasteiger partial charge in [-0.2, -0.15) is 0 Å². The van der Waals surface area contributed by atoms with Crippen molar-refractivity contribution in [3.05, 3.63) is 36.0 Å². The molecule has 2 rings (SSSR count). The van der Waals surface area contributed by atoms with Gasteiger partial charge in [0.05, 0.1) is 6.54 Å². The van der Waals surface area contributed by atoms with Gasteiger partial charge in [-0.05, 0) is 18.6 Å². The fourth-order valence-corrected chi connectivity index (χ4v) is 1.62. The van der Waals surface area contributed by atoms with Crippen molar-refractivity contribution in [2.24, 2.45) is 17.2 Å². The molecule has 10 N–H and O–H groups in total. The highest BCUT2D eigenvalue weighted by Gasteiger charge is 2.14. The summed E-state index contributed by atoms with van der Waals surface area (Å²) in [6, 6.07) is 6.18. The minimum atomic E-state index is -0.972. The Morgan fingerprint density at radius 3 is 2.00 bits per heavy atom. The number of hydrogen-bond donors (Lipinski definition) is 7. The molecular formula is C16H24N4O6. The van der Waals surface area contributed by atoms with E-state index in [0.29, 0.717) is 6.42 Å². The summed E-state index contributed by atoms with van der Waals surface area (Å²) in [5.41, 5.74) is 16.8. The molecule has 0 fully saturated rings. The largest absolute Gasteiger partial charge is 0.480 e. The van der Waals surface area contributed by atoms with E-state index in [1.54, 1.807) is 0 Å². The highest BCUT2D eigenvalue weighted by molar-refractivity contribution is 5.84. The van der Waals surface area contributed by atoms with Gasteiger partial charge in [-0.1, -0.05) is 18.2 Å².